The summed E-state index contributed by atoms with van der Waals surface area (Å²) in [5.74, 6) is -0.294. The average Bonchev–Trinajstić information content (AvgIpc) is 2.62. The van der Waals surface area contributed by atoms with Gasteiger partial charge in [-0.15, -0.1) is 0 Å². The molecule has 132 valence electrons. The zero-order valence-electron chi connectivity index (χ0n) is 14.0. The van der Waals surface area contributed by atoms with Crippen LogP contribution in [0, 0.1) is 5.82 Å². The molecule has 25 heavy (non-hydrogen) atoms. The van der Waals surface area contributed by atoms with E-state index in [1.165, 1.54) is 12.1 Å². The molecule has 0 radical (unpaired) electrons. The van der Waals surface area contributed by atoms with Gasteiger partial charge in [-0.1, -0.05) is 24.3 Å². The van der Waals surface area contributed by atoms with Crippen LogP contribution in [0.4, 0.5) is 10.1 Å². The first kappa shape index (κ1) is 18.4. The number of hydrogen-bond donors (Lipinski definition) is 1. The lowest BCUT2D eigenvalue weighted by Crippen LogP contribution is -2.32. The SMILES string of the molecule is CN(CC(Cc1ccc(F)cc1)OC=O)c1ccc(CNC=O)cc1. The fourth-order valence-corrected chi connectivity index (χ4v) is 2.56. The van der Waals surface area contributed by atoms with Gasteiger partial charge in [0.15, 0.2) is 0 Å². The van der Waals surface area contributed by atoms with Crippen molar-refractivity contribution in [3.8, 4) is 0 Å². The Morgan fingerprint density at radius 1 is 1.08 bits per heavy atom. The molecule has 0 saturated heterocycles. The molecule has 2 rings (SSSR count). The highest BCUT2D eigenvalue weighted by atomic mass is 19.1. The summed E-state index contributed by atoms with van der Waals surface area (Å²) in [4.78, 5) is 23.1. The van der Waals surface area contributed by atoms with Crippen LogP contribution in [0.5, 0.6) is 0 Å². The second-order valence-electron chi connectivity index (χ2n) is 5.73. The molecule has 1 amide bonds. The Labute approximate surface area is 146 Å². The van der Waals surface area contributed by atoms with E-state index in [1.54, 1.807) is 12.1 Å². The van der Waals surface area contributed by atoms with Gasteiger partial charge in [-0.2, -0.15) is 0 Å². The molecular formula is C19H21FN2O3. The van der Waals surface area contributed by atoms with Crippen molar-refractivity contribution in [2.24, 2.45) is 0 Å². The molecule has 1 unspecified atom stereocenters. The van der Waals surface area contributed by atoms with Crippen molar-refractivity contribution in [2.45, 2.75) is 19.1 Å². The molecule has 2 aromatic carbocycles. The van der Waals surface area contributed by atoms with E-state index in [2.05, 4.69) is 5.32 Å². The van der Waals surface area contributed by atoms with Crippen molar-refractivity contribution in [3.63, 3.8) is 0 Å². The fourth-order valence-electron chi connectivity index (χ4n) is 2.56. The van der Waals surface area contributed by atoms with Crippen LogP contribution in [0.1, 0.15) is 11.1 Å². The first-order chi connectivity index (χ1) is 12.1. The standard InChI is InChI=1S/C19H21FN2O3/c1-22(18-8-4-16(5-9-18)11-21-13-23)12-19(25-14-24)10-15-2-6-17(20)7-3-15/h2-9,13-14,19H,10-12H2,1H3,(H,21,23). The van der Waals surface area contributed by atoms with E-state index in [4.69, 9.17) is 4.74 Å². The van der Waals surface area contributed by atoms with E-state index in [9.17, 15) is 14.0 Å². The van der Waals surface area contributed by atoms with Gasteiger partial charge in [0.2, 0.25) is 6.41 Å². The van der Waals surface area contributed by atoms with Crippen molar-refractivity contribution in [1.29, 1.82) is 0 Å². The molecule has 0 saturated carbocycles. The maximum atomic E-state index is 13.0. The Balaban J connectivity index is 1.98. The van der Waals surface area contributed by atoms with Gasteiger partial charge >= 0.3 is 0 Å². The number of carbonyl (C=O) groups excluding carboxylic acids is 2. The molecule has 0 heterocycles. The van der Waals surface area contributed by atoms with Crippen LogP contribution in [0.15, 0.2) is 48.5 Å². The van der Waals surface area contributed by atoms with Gasteiger partial charge in [-0.3, -0.25) is 9.59 Å². The molecule has 6 heteroatoms. The van der Waals surface area contributed by atoms with Crippen molar-refractivity contribution in [3.05, 3.63) is 65.5 Å². The van der Waals surface area contributed by atoms with Gasteiger partial charge in [-0.05, 0) is 35.4 Å². The highest BCUT2D eigenvalue weighted by Crippen LogP contribution is 2.16. The van der Waals surface area contributed by atoms with E-state index in [0.717, 1.165) is 16.8 Å². The van der Waals surface area contributed by atoms with E-state index in [-0.39, 0.29) is 11.9 Å². The van der Waals surface area contributed by atoms with Crippen molar-refractivity contribution in [1.82, 2.24) is 5.32 Å². The smallest absolute Gasteiger partial charge is 0.293 e. The summed E-state index contributed by atoms with van der Waals surface area (Å²) in [5, 5.41) is 2.61. The summed E-state index contributed by atoms with van der Waals surface area (Å²) in [6, 6.07) is 13.9. The van der Waals surface area contributed by atoms with Gasteiger partial charge in [0.1, 0.15) is 11.9 Å². The minimum Gasteiger partial charge on any atom is -0.462 e. The Morgan fingerprint density at radius 2 is 1.72 bits per heavy atom. The molecule has 0 aromatic heterocycles. The molecule has 1 N–H and O–H groups in total. The van der Waals surface area contributed by atoms with E-state index >= 15 is 0 Å². The van der Waals surface area contributed by atoms with Crippen LogP contribution in [-0.4, -0.2) is 32.6 Å². The third kappa shape index (κ3) is 5.91. The summed E-state index contributed by atoms with van der Waals surface area (Å²) < 4.78 is 18.2. The van der Waals surface area contributed by atoms with Gasteiger partial charge < -0.3 is 15.0 Å². The zero-order valence-corrected chi connectivity index (χ0v) is 14.0. The maximum absolute atomic E-state index is 13.0. The molecule has 0 aliphatic rings. The topological polar surface area (TPSA) is 58.6 Å². The van der Waals surface area contributed by atoms with Crippen LogP contribution in [0.25, 0.3) is 0 Å². The van der Waals surface area contributed by atoms with Gasteiger partial charge in [0.05, 0.1) is 6.54 Å². The highest BCUT2D eigenvalue weighted by molar-refractivity contribution is 5.49. The van der Waals surface area contributed by atoms with Crippen LogP contribution >= 0.6 is 0 Å². The van der Waals surface area contributed by atoms with Crippen LogP contribution in [-0.2, 0) is 27.3 Å². The number of anilines is 1. The third-order valence-corrected chi connectivity index (χ3v) is 3.87. The minimum atomic E-state index is -0.343. The lowest BCUT2D eigenvalue weighted by molar-refractivity contribution is -0.133. The third-order valence-electron chi connectivity index (χ3n) is 3.87. The summed E-state index contributed by atoms with van der Waals surface area (Å²) >= 11 is 0. The number of likely N-dealkylation sites (N-methyl/N-ethyl adjacent to an activating group) is 1. The summed E-state index contributed by atoms with van der Waals surface area (Å²) in [7, 11) is 1.91. The lowest BCUT2D eigenvalue weighted by Gasteiger charge is -2.25. The van der Waals surface area contributed by atoms with Crippen LogP contribution in [0.3, 0.4) is 0 Å². The average molecular weight is 344 g/mol. The number of nitrogens with zero attached hydrogens (tertiary/aromatic N) is 1. The van der Waals surface area contributed by atoms with E-state index < -0.39 is 0 Å². The Hall–Kier alpha value is -2.89. The quantitative estimate of drug-likeness (QED) is 0.672. The van der Waals surface area contributed by atoms with E-state index in [0.29, 0.717) is 32.4 Å². The normalized spacial score (nSPS) is 11.4. The van der Waals surface area contributed by atoms with Gasteiger partial charge in [0, 0.05) is 25.7 Å². The number of benzene rings is 2. The number of ether oxygens (including phenoxy) is 1. The molecule has 2 aromatic rings. The number of rotatable bonds is 10. The largest absolute Gasteiger partial charge is 0.462 e. The Morgan fingerprint density at radius 3 is 2.32 bits per heavy atom. The van der Waals surface area contributed by atoms with Crippen molar-refractivity contribution >= 4 is 18.6 Å². The number of nitrogens with one attached hydrogen (secondary N) is 1. The molecule has 0 spiro atoms. The first-order valence-electron chi connectivity index (χ1n) is 7.93. The van der Waals surface area contributed by atoms with Crippen molar-refractivity contribution < 1.29 is 18.7 Å². The zero-order chi connectivity index (χ0) is 18.1. The predicted octanol–water partition coefficient (Wildman–Crippen LogP) is 2.29. The molecule has 0 aliphatic carbocycles. The highest BCUT2D eigenvalue weighted by Gasteiger charge is 2.14. The summed E-state index contributed by atoms with van der Waals surface area (Å²) in [6.45, 7) is 1.42. The number of amides is 1. The summed E-state index contributed by atoms with van der Waals surface area (Å²) in [6.07, 6.45) is 0.825. The molecular weight excluding hydrogens is 323 g/mol. The maximum Gasteiger partial charge on any atom is 0.293 e. The number of halogens is 1. The number of hydrogen-bond acceptors (Lipinski definition) is 4. The lowest BCUT2D eigenvalue weighted by atomic mass is 10.1. The van der Waals surface area contributed by atoms with E-state index in [1.807, 2.05) is 36.2 Å². The predicted molar refractivity (Wildman–Crippen MR) is 93.7 cm³/mol. The molecule has 0 bridgehead atoms. The first-order valence-corrected chi connectivity index (χ1v) is 7.93. The summed E-state index contributed by atoms with van der Waals surface area (Å²) in [5.41, 5.74) is 2.86. The van der Waals surface area contributed by atoms with Gasteiger partial charge in [-0.25, -0.2) is 4.39 Å². The second-order valence-corrected chi connectivity index (χ2v) is 5.73. The molecule has 0 aliphatic heterocycles. The fraction of sp³-hybridized carbons (Fsp3) is 0.263. The second kappa shape index (κ2) is 9.42. The van der Waals surface area contributed by atoms with Crippen molar-refractivity contribution in [2.75, 3.05) is 18.5 Å². The molecule has 5 nitrogen and oxygen atoms in total. The Kier molecular flexibility index (Phi) is 6.95. The van der Waals surface area contributed by atoms with Crippen LogP contribution < -0.4 is 10.2 Å². The van der Waals surface area contributed by atoms with Gasteiger partial charge in [0.25, 0.3) is 6.47 Å². The molecule has 0 fully saturated rings. The molecule has 1 atom stereocenters. The Bertz CT molecular complexity index is 674. The number of carbonyl (C=O) groups is 2. The minimum absolute atomic E-state index is 0.294. The monoisotopic (exact) mass is 344 g/mol. The van der Waals surface area contributed by atoms with Crippen LogP contribution in [0.2, 0.25) is 0 Å².